The van der Waals surface area contributed by atoms with E-state index in [1.807, 2.05) is 36.7 Å². The lowest BCUT2D eigenvalue weighted by Crippen LogP contribution is -2.06. The summed E-state index contributed by atoms with van der Waals surface area (Å²) in [6, 6.07) is 9.20. The fourth-order valence-corrected chi connectivity index (χ4v) is 1.85. The third-order valence-electron chi connectivity index (χ3n) is 2.71. The highest BCUT2D eigenvalue weighted by atomic mass is 16.5. The van der Waals surface area contributed by atoms with Gasteiger partial charge in [0.2, 0.25) is 0 Å². The fraction of sp³-hybridized carbons (Fsp3) is 0.286. The molecule has 18 heavy (non-hydrogen) atoms. The van der Waals surface area contributed by atoms with Gasteiger partial charge in [-0.05, 0) is 32.0 Å². The molecular formula is C14H16N2O2. The van der Waals surface area contributed by atoms with Crippen molar-refractivity contribution < 1.29 is 9.53 Å². The van der Waals surface area contributed by atoms with Crippen LogP contribution in [0.1, 0.15) is 28.7 Å². The summed E-state index contributed by atoms with van der Waals surface area (Å²) < 4.78 is 7.58. The predicted molar refractivity (Wildman–Crippen MR) is 68.8 cm³/mol. The van der Waals surface area contributed by atoms with Gasteiger partial charge in [-0.3, -0.25) is 9.48 Å². The molecule has 0 aliphatic carbocycles. The van der Waals surface area contributed by atoms with Gasteiger partial charge in [0, 0.05) is 6.54 Å². The van der Waals surface area contributed by atoms with E-state index in [1.54, 1.807) is 12.1 Å². The first-order chi connectivity index (χ1) is 8.74. The van der Waals surface area contributed by atoms with E-state index in [0.29, 0.717) is 17.9 Å². The number of para-hydroxylation sites is 1. The van der Waals surface area contributed by atoms with Crippen molar-refractivity contribution in [3.63, 3.8) is 0 Å². The standard InChI is InChI=1S/C14H16N2O2/c1-3-16-13(8-11(2)15-16)10-18-14-7-5-4-6-12(14)9-17/h4-9H,3,10H2,1-2H3. The summed E-state index contributed by atoms with van der Waals surface area (Å²) >= 11 is 0. The minimum absolute atomic E-state index is 0.416. The minimum Gasteiger partial charge on any atom is -0.487 e. The summed E-state index contributed by atoms with van der Waals surface area (Å²) in [5.74, 6) is 0.606. The molecule has 0 N–H and O–H groups in total. The van der Waals surface area contributed by atoms with E-state index in [0.717, 1.165) is 24.2 Å². The topological polar surface area (TPSA) is 44.1 Å². The van der Waals surface area contributed by atoms with Crippen LogP contribution in [0.15, 0.2) is 30.3 Å². The second-order valence-electron chi connectivity index (χ2n) is 4.04. The van der Waals surface area contributed by atoms with Crippen molar-refractivity contribution in [1.29, 1.82) is 0 Å². The van der Waals surface area contributed by atoms with Gasteiger partial charge in [0.15, 0.2) is 6.29 Å². The Kier molecular flexibility index (Phi) is 3.77. The van der Waals surface area contributed by atoms with E-state index in [4.69, 9.17) is 4.74 Å². The van der Waals surface area contributed by atoms with Crippen molar-refractivity contribution in [1.82, 2.24) is 9.78 Å². The summed E-state index contributed by atoms with van der Waals surface area (Å²) in [6.45, 7) is 5.21. The summed E-state index contributed by atoms with van der Waals surface area (Å²) in [5, 5.41) is 4.35. The Morgan fingerprint density at radius 3 is 2.89 bits per heavy atom. The lowest BCUT2D eigenvalue weighted by atomic mass is 10.2. The van der Waals surface area contributed by atoms with Crippen LogP contribution in [0.25, 0.3) is 0 Å². The zero-order valence-electron chi connectivity index (χ0n) is 10.6. The molecule has 0 bridgehead atoms. The highest BCUT2D eigenvalue weighted by molar-refractivity contribution is 5.79. The zero-order valence-corrected chi connectivity index (χ0v) is 10.6. The van der Waals surface area contributed by atoms with Crippen LogP contribution in [-0.4, -0.2) is 16.1 Å². The Morgan fingerprint density at radius 1 is 1.39 bits per heavy atom. The maximum Gasteiger partial charge on any atom is 0.153 e. The highest BCUT2D eigenvalue weighted by Gasteiger charge is 2.06. The average Bonchev–Trinajstić information content (AvgIpc) is 2.77. The van der Waals surface area contributed by atoms with Gasteiger partial charge in [0.05, 0.1) is 17.0 Å². The van der Waals surface area contributed by atoms with Gasteiger partial charge in [-0.15, -0.1) is 0 Å². The second-order valence-corrected chi connectivity index (χ2v) is 4.04. The minimum atomic E-state index is 0.416. The Balaban J connectivity index is 2.13. The molecule has 0 spiro atoms. The van der Waals surface area contributed by atoms with Crippen LogP contribution >= 0.6 is 0 Å². The number of benzene rings is 1. The van der Waals surface area contributed by atoms with Crippen LogP contribution in [0.2, 0.25) is 0 Å². The van der Waals surface area contributed by atoms with E-state index < -0.39 is 0 Å². The zero-order chi connectivity index (χ0) is 13.0. The fourth-order valence-electron chi connectivity index (χ4n) is 1.85. The lowest BCUT2D eigenvalue weighted by Gasteiger charge is -2.09. The molecule has 2 aromatic rings. The maximum absolute atomic E-state index is 10.9. The first-order valence-corrected chi connectivity index (χ1v) is 5.95. The van der Waals surface area contributed by atoms with Crippen molar-refractivity contribution in [3.8, 4) is 5.75 Å². The molecule has 0 saturated carbocycles. The molecule has 0 fully saturated rings. The van der Waals surface area contributed by atoms with Crippen LogP contribution in [0.5, 0.6) is 5.75 Å². The number of nitrogens with zero attached hydrogens (tertiary/aromatic N) is 2. The predicted octanol–water partition coefficient (Wildman–Crippen LogP) is 2.60. The number of aromatic nitrogens is 2. The molecule has 94 valence electrons. The van der Waals surface area contributed by atoms with Crippen molar-refractivity contribution in [2.45, 2.75) is 27.0 Å². The van der Waals surface area contributed by atoms with Gasteiger partial charge in [0.1, 0.15) is 12.4 Å². The monoisotopic (exact) mass is 244 g/mol. The quantitative estimate of drug-likeness (QED) is 0.759. The molecule has 1 aromatic carbocycles. The smallest absolute Gasteiger partial charge is 0.153 e. The highest BCUT2D eigenvalue weighted by Crippen LogP contribution is 2.17. The Hall–Kier alpha value is -2.10. The van der Waals surface area contributed by atoms with Crippen LogP contribution in [0, 0.1) is 6.92 Å². The van der Waals surface area contributed by atoms with Crippen molar-refractivity contribution in [2.24, 2.45) is 0 Å². The second kappa shape index (κ2) is 5.49. The molecule has 0 unspecified atom stereocenters. The Morgan fingerprint density at radius 2 is 2.17 bits per heavy atom. The molecule has 1 heterocycles. The number of carbonyl (C=O) groups is 1. The third kappa shape index (κ3) is 2.59. The number of ether oxygens (including phenoxy) is 1. The summed E-state index contributed by atoms with van der Waals surface area (Å²) in [5.41, 5.74) is 2.55. The van der Waals surface area contributed by atoms with Crippen LogP contribution in [-0.2, 0) is 13.2 Å². The molecule has 0 radical (unpaired) electrons. The van der Waals surface area contributed by atoms with Crippen molar-refractivity contribution >= 4 is 6.29 Å². The Bertz CT molecular complexity index is 546. The molecule has 0 saturated heterocycles. The normalized spacial score (nSPS) is 10.3. The van der Waals surface area contributed by atoms with Crippen LogP contribution < -0.4 is 4.74 Å². The SMILES string of the molecule is CCn1nc(C)cc1COc1ccccc1C=O. The van der Waals surface area contributed by atoms with Gasteiger partial charge in [-0.1, -0.05) is 12.1 Å². The van der Waals surface area contributed by atoms with E-state index in [2.05, 4.69) is 5.10 Å². The number of carbonyl (C=O) groups excluding carboxylic acids is 1. The van der Waals surface area contributed by atoms with E-state index >= 15 is 0 Å². The van der Waals surface area contributed by atoms with Crippen LogP contribution in [0.3, 0.4) is 0 Å². The summed E-state index contributed by atoms with van der Waals surface area (Å²) in [7, 11) is 0. The van der Waals surface area contributed by atoms with Crippen LogP contribution in [0.4, 0.5) is 0 Å². The van der Waals surface area contributed by atoms with Gasteiger partial charge < -0.3 is 4.74 Å². The lowest BCUT2D eigenvalue weighted by molar-refractivity contribution is 0.111. The molecule has 2 rings (SSSR count). The summed E-state index contributed by atoms with van der Waals surface area (Å²) in [6.07, 6.45) is 0.803. The Labute approximate surface area is 106 Å². The molecule has 0 aliphatic rings. The van der Waals surface area contributed by atoms with Gasteiger partial charge in [-0.25, -0.2) is 0 Å². The third-order valence-corrected chi connectivity index (χ3v) is 2.71. The first kappa shape index (κ1) is 12.4. The van der Waals surface area contributed by atoms with Crippen molar-refractivity contribution in [2.75, 3.05) is 0 Å². The number of hydrogen-bond donors (Lipinski definition) is 0. The largest absolute Gasteiger partial charge is 0.487 e. The van der Waals surface area contributed by atoms with E-state index in [9.17, 15) is 4.79 Å². The molecule has 1 aromatic heterocycles. The number of aldehydes is 1. The maximum atomic E-state index is 10.9. The average molecular weight is 244 g/mol. The number of hydrogen-bond acceptors (Lipinski definition) is 3. The van der Waals surface area contributed by atoms with E-state index in [-0.39, 0.29) is 0 Å². The van der Waals surface area contributed by atoms with Gasteiger partial charge in [-0.2, -0.15) is 5.10 Å². The molecular weight excluding hydrogens is 228 g/mol. The molecule has 0 amide bonds. The van der Waals surface area contributed by atoms with E-state index in [1.165, 1.54) is 0 Å². The van der Waals surface area contributed by atoms with Gasteiger partial charge in [0.25, 0.3) is 0 Å². The number of rotatable bonds is 5. The summed E-state index contributed by atoms with van der Waals surface area (Å²) in [4.78, 5) is 10.9. The van der Waals surface area contributed by atoms with Crippen molar-refractivity contribution in [3.05, 3.63) is 47.3 Å². The molecule has 4 nitrogen and oxygen atoms in total. The first-order valence-electron chi connectivity index (χ1n) is 5.95. The molecule has 0 atom stereocenters. The molecule has 0 aliphatic heterocycles. The molecule has 4 heteroatoms. The van der Waals surface area contributed by atoms with Gasteiger partial charge >= 0.3 is 0 Å². The number of aryl methyl sites for hydroxylation is 2.